The number of nitrogens with zero attached hydrogens (tertiary/aromatic N) is 2. The van der Waals surface area contributed by atoms with Gasteiger partial charge in [-0.05, 0) is 35.9 Å². The van der Waals surface area contributed by atoms with Crippen LogP contribution in [-0.4, -0.2) is 15.9 Å². The van der Waals surface area contributed by atoms with Gasteiger partial charge in [0.15, 0.2) is 0 Å². The second-order valence-electron chi connectivity index (χ2n) is 4.45. The highest BCUT2D eigenvalue weighted by Crippen LogP contribution is 2.13. The second-order valence-corrected chi connectivity index (χ2v) is 4.45. The van der Waals surface area contributed by atoms with E-state index in [0.29, 0.717) is 12.1 Å². The van der Waals surface area contributed by atoms with Gasteiger partial charge in [-0.25, -0.2) is 0 Å². The van der Waals surface area contributed by atoms with E-state index in [-0.39, 0.29) is 5.91 Å². The first-order chi connectivity index (χ1) is 9.83. The van der Waals surface area contributed by atoms with E-state index >= 15 is 0 Å². The standard InChI is InChI=1S/C16H13N3O/c20-16(13-5-8-17-9-6-13)19-11-12-3-4-15-14(10-12)2-1-7-18-15/h1-10H,11H2,(H,19,20). The lowest BCUT2D eigenvalue weighted by atomic mass is 10.1. The van der Waals surface area contributed by atoms with Crippen LogP contribution in [0.1, 0.15) is 15.9 Å². The van der Waals surface area contributed by atoms with Crippen LogP contribution in [0.5, 0.6) is 0 Å². The summed E-state index contributed by atoms with van der Waals surface area (Å²) in [6, 6.07) is 13.3. The Morgan fingerprint density at radius 1 is 1.05 bits per heavy atom. The van der Waals surface area contributed by atoms with Crippen LogP contribution in [0.2, 0.25) is 0 Å². The molecule has 1 aromatic carbocycles. The summed E-state index contributed by atoms with van der Waals surface area (Å²) in [5.74, 6) is -0.0984. The topological polar surface area (TPSA) is 54.9 Å². The molecule has 0 saturated heterocycles. The van der Waals surface area contributed by atoms with Gasteiger partial charge in [0.2, 0.25) is 0 Å². The fourth-order valence-corrected chi connectivity index (χ4v) is 2.02. The predicted molar refractivity (Wildman–Crippen MR) is 77.2 cm³/mol. The number of carbonyl (C=O) groups is 1. The van der Waals surface area contributed by atoms with Crippen LogP contribution in [-0.2, 0) is 6.54 Å². The molecular weight excluding hydrogens is 250 g/mol. The van der Waals surface area contributed by atoms with E-state index in [1.165, 1.54) is 0 Å². The Bertz CT molecular complexity index is 741. The Labute approximate surface area is 116 Å². The highest BCUT2D eigenvalue weighted by molar-refractivity contribution is 5.94. The summed E-state index contributed by atoms with van der Waals surface area (Å²) >= 11 is 0. The van der Waals surface area contributed by atoms with Gasteiger partial charge in [0.05, 0.1) is 5.52 Å². The van der Waals surface area contributed by atoms with Crippen molar-refractivity contribution in [3.8, 4) is 0 Å². The summed E-state index contributed by atoms with van der Waals surface area (Å²) in [4.78, 5) is 20.1. The first-order valence-corrected chi connectivity index (χ1v) is 6.35. The first-order valence-electron chi connectivity index (χ1n) is 6.35. The maximum absolute atomic E-state index is 11.9. The molecule has 0 bridgehead atoms. The minimum atomic E-state index is -0.0984. The molecule has 1 amide bonds. The van der Waals surface area contributed by atoms with Crippen molar-refractivity contribution in [3.05, 3.63) is 72.2 Å². The van der Waals surface area contributed by atoms with Crippen molar-refractivity contribution in [1.82, 2.24) is 15.3 Å². The third-order valence-corrected chi connectivity index (χ3v) is 3.06. The van der Waals surface area contributed by atoms with E-state index in [4.69, 9.17) is 0 Å². The molecule has 0 aliphatic rings. The van der Waals surface area contributed by atoms with Crippen molar-refractivity contribution in [2.45, 2.75) is 6.54 Å². The molecule has 3 aromatic rings. The number of aromatic nitrogens is 2. The monoisotopic (exact) mass is 263 g/mol. The lowest BCUT2D eigenvalue weighted by molar-refractivity contribution is 0.0951. The molecule has 0 radical (unpaired) electrons. The number of benzene rings is 1. The van der Waals surface area contributed by atoms with Crippen LogP contribution < -0.4 is 5.32 Å². The molecule has 20 heavy (non-hydrogen) atoms. The lowest BCUT2D eigenvalue weighted by Crippen LogP contribution is -2.22. The summed E-state index contributed by atoms with van der Waals surface area (Å²) < 4.78 is 0. The fraction of sp³-hybridized carbons (Fsp3) is 0.0625. The molecule has 2 aromatic heterocycles. The lowest BCUT2D eigenvalue weighted by Gasteiger charge is -2.06. The maximum Gasteiger partial charge on any atom is 0.251 e. The Hall–Kier alpha value is -2.75. The quantitative estimate of drug-likeness (QED) is 0.790. The molecule has 1 N–H and O–H groups in total. The van der Waals surface area contributed by atoms with Crippen LogP contribution in [0, 0.1) is 0 Å². The van der Waals surface area contributed by atoms with Crippen LogP contribution >= 0.6 is 0 Å². The molecule has 0 unspecified atom stereocenters. The Morgan fingerprint density at radius 2 is 1.90 bits per heavy atom. The number of fused-ring (bicyclic) bond motifs is 1. The number of nitrogens with one attached hydrogen (secondary N) is 1. The summed E-state index contributed by atoms with van der Waals surface area (Å²) in [7, 11) is 0. The molecule has 0 spiro atoms. The molecule has 2 heterocycles. The molecular formula is C16H13N3O. The second kappa shape index (κ2) is 5.48. The molecule has 4 heteroatoms. The Balaban J connectivity index is 1.72. The van der Waals surface area contributed by atoms with Crippen LogP contribution in [0.4, 0.5) is 0 Å². The third-order valence-electron chi connectivity index (χ3n) is 3.06. The Kier molecular flexibility index (Phi) is 3.37. The summed E-state index contributed by atoms with van der Waals surface area (Å²) in [6.45, 7) is 0.492. The number of carbonyl (C=O) groups excluding carboxylic acids is 1. The Morgan fingerprint density at radius 3 is 2.75 bits per heavy atom. The molecule has 0 atom stereocenters. The highest BCUT2D eigenvalue weighted by Gasteiger charge is 2.04. The number of hydrogen-bond acceptors (Lipinski definition) is 3. The number of amides is 1. The highest BCUT2D eigenvalue weighted by atomic mass is 16.1. The smallest absolute Gasteiger partial charge is 0.251 e. The summed E-state index contributed by atoms with van der Waals surface area (Å²) in [6.07, 6.45) is 4.99. The van der Waals surface area contributed by atoms with Gasteiger partial charge in [0.25, 0.3) is 5.91 Å². The minimum absolute atomic E-state index is 0.0984. The van der Waals surface area contributed by atoms with E-state index in [1.54, 1.807) is 30.7 Å². The van der Waals surface area contributed by atoms with Gasteiger partial charge in [-0.2, -0.15) is 0 Å². The van der Waals surface area contributed by atoms with Crippen molar-refractivity contribution in [2.75, 3.05) is 0 Å². The van der Waals surface area contributed by atoms with Gasteiger partial charge >= 0.3 is 0 Å². The van der Waals surface area contributed by atoms with Crippen LogP contribution in [0.15, 0.2) is 61.1 Å². The molecule has 3 rings (SSSR count). The number of pyridine rings is 2. The van der Waals surface area contributed by atoms with Gasteiger partial charge in [-0.3, -0.25) is 14.8 Å². The van der Waals surface area contributed by atoms with Crippen LogP contribution in [0.3, 0.4) is 0 Å². The zero-order chi connectivity index (χ0) is 13.8. The number of rotatable bonds is 3. The number of hydrogen-bond donors (Lipinski definition) is 1. The normalized spacial score (nSPS) is 10.4. The van der Waals surface area contributed by atoms with Crippen LogP contribution in [0.25, 0.3) is 10.9 Å². The van der Waals surface area contributed by atoms with Gasteiger partial charge in [-0.15, -0.1) is 0 Å². The van der Waals surface area contributed by atoms with Crippen molar-refractivity contribution in [1.29, 1.82) is 0 Å². The molecule has 0 aliphatic carbocycles. The van der Waals surface area contributed by atoms with E-state index in [9.17, 15) is 4.79 Å². The van der Waals surface area contributed by atoms with Crippen molar-refractivity contribution in [2.24, 2.45) is 0 Å². The maximum atomic E-state index is 11.9. The van der Waals surface area contributed by atoms with Gasteiger partial charge < -0.3 is 5.32 Å². The van der Waals surface area contributed by atoms with E-state index in [2.05, 4.69) is 15.3 Å². The molecule has 0 aliphatic heterocycles. The average Bonchev–Trinajstić information content (AvgIpc) is 2.53. The largest absolute Gasteiger partial charge is 0.348 e. The van der Waals surface area contributed by atoms with Crippen molar-refractivity contribution >= 4 is 16.8 Å². The van der Waals surface area contributed by atoms with Gasteiger partial charge in [0, 0.05) is 36.1 Å². The first kappa shape index (κ1) is 12.3. The molecule has 0 saturated carbocycles. The summed E-state index contributed by atoms with van der Waals surface area (Å²) in [5, 5.41) is 3.97. The average molecular weight is 263 g/mol. The third kappa shape index (κ3) is 2.64. The minimum Gasteiger partial charge on any atom is -0.348 e. The fourth-order valence-electron chi connectivity index (χ4n) is 2.02. The predicted octanol–water partition coefficient (Wildman–Crippen LogP) is 2.56. The zero-order valence-electron chi connectivity index (χ0n) is 10.8. The molecule has 0 fully saturated rings. The SMILES string of the molecule is O=C(NCc1ccc2ncccc2c1)c1ccncc1. The van der Waals surface area contributed by atoms with Gasteiger partial charge in [0.1, 0.15) is 0 Å². The van der Waals surface area contributed by atoms with E-state index in [1.807, 2.05) is 30.3 Å². The van der Waals surface area contributed by atoms with Crippen molar-refractivity contribution < 1.29 is 4.79 Å². The molecule has 4 nitrogen and oxygen atoms in total. The van der Waals surface area contributed by atoms with Crippen molar-refractivity contribution in [3.63, 3.8) is 0 Å². The summed E-state index contributed by atoms with van der Waals surface area (Å²) in [5.41, 5.74) is 2.62. The van der Waals surface area contributed by atoms with Gasteiger partial charge in [-0.1, -0.05) is 12.1 Å². The van der Waals surface area contributed by atoms with E-state index in [0.717, 1.165) is 16.5 Å². The zero-order valence-corrected chi connectivity index (χ0v) is 10.8. The molecule has 98 valence electrons. The van der Waals surface area contributed by atoms with E-state index < -0.39 is 0 Å².